The molecule has 0 aliphatic carbocycles. The molecule has 0 aliphatic rings. The summed E-state index contributed by atoms with van der Waals surface area (Å²) in [6.45, 7) is 3.33. The summed E-state index contributed by atoms with van der Waals surface area (Å²) in [4.78, 5) is 0. The van der Waals surface area contributed by atoms with Gasteiger partial charge in [-0.05, 0) is 6.92 Å². The summed E-state index contributed by atoms with van der Waals surface area (Å²) in [7, 11) is 0. The van der Waals surface area contributed by atoms with Gasteiger partial charge in [0.2, 0.25) is 0 Å². The number of nitrogens with one attached hydrogen (secondary N) is 1. The van der Waals surface area contributed by atoms with E-state index in [0.29, 0.717) is 19.8 Å². The fraction of sp³-hybridized carbons (Fsp3) is 0.538. The second-order valence-electron chi connectivity index (χ2n) is 4.06. The Labute approximate surface area is 115 Å². The molecule has 0 aromatic heterocycles. The second kappa shape index (κ2) is 8.78. The van der Waals surface area contributed by atoms with Crippen LogP contribution in [0.1, 0.15) is 6.92 Å². The minimum atomic E-state index is -1.52. The zero-order valence-electron chi connectivity index (χ0n) is 11.2. The summed E-state index contributed by atoms with van der Waals surface area (Å²) in [5, 5.41) is 12.2. The molecule has 1 unspecified atom stereocenters. The van der Waals surface area contributed by atoms with Crippen molar-refractivity contribution in [2.75, 3.05) is 38.3 Å². The molecule has 0 fully saturated rings. The van der Waals surface area contributed by atoms with Crippen LogP contribution < -0.4 is 5.32 Å². The quantitative estimate of drug-likeness (QED) is 0.539. The van der Waals surface area contributed by atoms with E-state index in [1.807, 2.05) is 6.92 Å². The Morgan fingerprint density at radius 2 is 1.75 bits per heavy atom. The lowest BCUT2D eigenvalue weighted by Gasteiger charge is -2.13. The minimum absolute atomic E-state index is 0.0269. The van der Waals surface area contributed by atoms with Gasteiger partial charge in [-0.3, -0.25) is 0 Å². The average molecular weight is 293 g/mol. The van der Waals surface area contributed by atoms with Crippen molar-refractivity contribution in [3.8, 4) is 0 Å². The highest BCUT2D eigenvalue weighted by atomic mass is 19.2. The van der Waals surface area contributed by atoms with Crippen LogP contribution >= 0.6 is 0 Å². The first-order chi connectivity index (χ1) is 9.54. The number of aliphatic hydroxyl groups is 1. The van der Waals surface area contributed by atoms with Crippen LogP contribution in [-0.4, -0.2) is 44.2 Å². The second-order valence-corrected chi connectivity index (χ2v) is 4.06. The molecule has 1 aromatic carbocycles. The summed E-state index contributed by atoms with van der Waals surface area (Å²) in [5.41, 5.74) is 0.0507. The van der Waals surface area contributed by atoms with Crippen LogP contribution in [0.25, 0.3) is 0 Å². The average Bonchev–Trinajstić information content (AvgIpc) is 2.42. The molecule has 20 heavy (non-hydrogen) atoms. The summed E-state index contributed by atoms with van der Waals surface area (Å²) in [5.74, 6) is -4.08. The molecule has 0 spiro atoms. The first kappa shape index (κ1) is 16.7. The van der Waals surface area contributed by atoms with Gasteiger partial charge in [-0.25, -0.2) is 13.2 Å². The third-order valence-electron chi connectivity index (χ3n) is 2.41. The van der Waals surface area contributed by atoms with Crippen LogP contribution in [0.2, 0.25) is 0 Å². The monoisotopic (exact) mass is 293 g/mol. The van der Waals surface area contributed by atoms with E-state index >= 15 is 0 Å². The first-order valence-electron chi connectivity index (χ1n) is 6.26. The Bertz CT molecular complexity index is 395. The minimum Gasteiger partial charge on any atom is -0.389 e. The Morgan fingerprint density at radius 3 is 2.35 bits per heavy atom. The molecule has 0 bridgehead atoms. The standard InChI is InChI=1S/C13H18F3NO3/c1-2-19-3-4-20-8-10(18)7-17-9-5-11(14)13(16)12(15)6-9/h5-6,10,17-18H,2-4,7-8H2,1H3. The largest absolute Gasteiger partial charge is 0.389 e. The molecule has 0 radical (unpaired) electrons. The van der Waals surface area contributed by atoms with Gasteiger partial charge in [-0.15, -0.1) is 0 Å². The van der Waals surface area contributed by atoms with Crippen molar-refractivity contribution in [3.63, 3.8) is 0 Å². The predicted molar refractivity (Wildman–Crippen MR) is 68.1 cm³/mol. The van der Waals surface area contributed by atoms with Gasteiger partial charge in [-0.1, -0.05) is 0 Å². The molecule has 1 aromatic rings. The maximum Gasteiger partial charge on any atom is 0.194 e. The van der Waals surface area contributed by atoms with E-state index in [2.05, 4.69) is 5.32 Å². The van der Waals surface area contributed by atoms with E-state index in [0.717, 1.165) is 12.1 Å². The lowest BCUT2D eigenvalue weighted by atomic mass is 10.2. The highest BCUT2D eigenvalue weighted by Gasteiger charge is 2.11. The number of benzene rings is 1. The van der Waals surface area contributed by atoms with Crippen molar-refractivity contribution in [2.45, 2.75) is 13.0 Å². The molecule has 1 atom stereocenters. The molecule has 2 N–H and O–H groups in total. The van der Waals surface area contributed by atoms with Crippen LogP contribution in [0, 0.1) is 17.5 Å². The fourth-order valence-corrected chi connectivity index (χ4v) is 1.43. The lowest BCUT2D eigenvalue weighted by molar-refractivity contribution is 0.0103. The maximum atomic E-state index is 12.9. The summed E-state index contributed by atoms with van der Waals surface area (Å²) in [6.07, 6.45) is -0.854. The van der Waals surface area contributed by atoms with E-state index in [9.17, 15) is 18.3 Å². The lowest BCUT2D eigenvalue weighted by Crippen LogP contribution is -2.25. The highest BCUT2D eigenvalue weighted by molar-refractivity contribution is 5.44. The van der Waals surface area contributed by atoms with Crippen molar-refractivity contribution in [3.05, 3.63) is 29.6 Å². The number of ether oxygens (including phenoxy) is 2. The van der Waals surface area contributed by atoms with Crippen molar-refractivity contribution in [1.29, 1.82) is 0 Å². The van der Waals surface area contributed by atoms with Crippen LogP contribution in [-0.2, 0) is 9.47 Å². The van der Waals surface area contributed by atoms with Gasteiger partial charge in [0.15, 0.2) is 17.5 Å². The SMILES string of the molecule is CCOCCOCC(O)CNc1cc(F)c(F)c(F)c1. The third-order valence-corrected chi connectivity index (χ3v) is 2.41. The molecule has 4 nitrogen and oxygen atoms in total. The number of anilines is 1. The van der Waals surface area contributed by atoms with Crippen LogP contribution in [0.15, 0.2) is 12.1 Å². The molecule has 0 saturated heterocycles. The molecule has 0 heterocycles. The van der Waals surface area contributed by atoms with Crippen LogP contribution in [0.4, 0.5) is 18.9 Å². The van der Waals surface area contributed by atoms with Crippen LogP contribution in [0.5, 0.6) is 0 Å². The van der Waals surface area contributed by atoms with E-state index in [1.165, 1.54) is 0 Å². The van der Waals surface area contributed by atoms with Crippen LogP contribution in [0.3, 0.4) is 0 Å². The Kier molecular flexibility index (Phi) is 7.35. The van der Waals surface area contributed by atoms with E-state index in [-0.39, 0.29) is 18.8 Å². The van der Waals surface area contributed by atoms with Crippen molar-refractivity contribution < 1.29 is 27.8 Å². The van der Waals surface area contributed by atoms with E-state index < -0.39 is 23.6 Å². The summed E-state index contributed by atoms with van der Waals surface area (Å²) in [6, 6.07) is 1.64. The predicted octanol–water partition coefficient (Wildman–Crippen LogP) is 1.93. The smallest absolute Gasteiger partial charge is 0.194 e. The molecule has 114 valence electrons. The molecule has 0 saturated carbocycles. The number of hydrogen-bond donors (Lipinski definition) is 2. The first-order valence-corrected chi connectivity index (χ1v) is 6.26. The molecule has 7 heteroatoms. The van der Waals surface area contributed by atoms with Gasteiger partial charge in [0.25, 0.3) is 0 Å². The van der Waals surface area contributed by atoms with Gasteiger partial charge >= 0.3 is 0 Å². The van der Waals surface area contributed by atoms with Crippen molar-refractivity contribution in [2.24, 2.45) is 0 Å². The maximum absolute atomic E-state index is 12.9. The van der Waals surface area contributed by atoms with E-state index in [1.54, 1.807) is 0 Å². The molecular formula is C13H18F3NO3. The summed E-state index contributed by atoms with van der Waals surface area (Å²) < 4.78 is 48.7. The van der Waals surface area contributed by atoms with Crippen molar-refractivity contribution >= 4 is 5.69 Å². The Morgan fingerprint density at radius 1 is 1.15 bits per heavy atom. The number of rotatable bonds is 9. The van der Waals surface area contributed by atoms with Gasteiger partial charge in [0, 0.05) is 31.0 Å². The topological polar surface area (TPSA) is 50.7 Å². The zero-order valence-corrected chi connectivity index (χ0v) is 11.2. The molecular weight excluding hydrogens is 275 g/mol. The van der Waals surface area contributed by atoms with E-state index in [4.69, 9.17) is 9.47 Å². The number of halogens is 3. The molecule has 0 aliphatic heterocycles. The fourth-order valence-electron chi connectivity index (χ4n) is 1.43. The van der Waals surface area contributed by atoms with Gasteiger partial charge in [0.1, 0.15) is 0 Å². The Balaban J connectivity index is 2.28. The van der Waals surface area contributed by atoms with Gasteiger partial charge in [-0.2, -0.15) is 0 Å². The van der Waals surface area contributed by atoms with Gasteiger partial charge < -0.3 is 19.9 Å². The number of hydrogen-bond acceptors (Lipinski definition) is 4. The molecule has 1 rings (SSSR count). The Hall–Kier alpha value is -1.31. The van der Waals surface area contributed by atoms with Crippen molar-refractivity contribution in [1.82, 2.24) is 0 Å². The normalized spacial score (nSPS) is 12.4. The number of aliphatic hydroxyl groups excluding tert-OH is 1. The zero-order chi connectivity index (χ0) is 15.0. The third kappa shape index (κ3) is 5.77. The summed E-state index contributed by atoms with van der Waals surface area (Å²) >= 11 is 0. The van der Waals surface area contributed by atoms with Gasteiger partial charge in [0.05, 0.1) is 25.9 Å². The highest BCUT2D eigenvalue weighted by Crippen LogP contribution is 2.17. The molecule has 0 amide bonds.